The van der Waals surface area contributed by atoms with Crippen molar-refractivity contribution < 1.29 is 24.2 Å². The summed E-state index contributed by atoms with van der Waals surface area (Å²) in [5, 5.41) is 15.8. The van der Waals surface area contributed by atoms with Gasteiger partial charge in [-0.05, 0) is 41.6 Å². The first-order valence-corrected chi connectivity index (χ1v) is 12.9. The van der Waals surface area contributed by atoms with Gasteiger partial charge in [-0.15, -0.1) is 0 Å². The van der Waals surface area contributed by atoms with Crippen molar-refractivity contribution in [2.24, 2.45) is 23.2 Å². The van der Waals surface area contributed by atoms with Gasteiger partial charge < -0.3 is 25.4 Å². The zero-order chi connectivity index (χ0) is 26.6. The van der Waals surface area contributed by atoms with Crippen molar-refractivity contribution in [1.82, 2.24) is 15.5 Å². The summed E-state index contributed by atoms with van der Waals surface area (Å²) < 4.78 is 5.32. The number of ether oxygens (including phenoxy) is 1. The third kappa shape index (κ3) is 6.39. The van der Waals surface area contributed by atoms with E-state index in [-0.39, 0.29) is 24.3 Å². The second kappa shape index (κ2) is 11.4. The lowest BCUT2D eigenvalue weighted by molar-refractivity contribution is -0.143. The Labute approximate surface area is 214 Å². The number of nitrogens with one attached hydrogen (secondary N) is 2. The second-order valence-corrected chi connectivity index (χ2v) is 11.5. The first-order chi connectivity index (χ1) is 16.9. The molecule has 1 aliphatic heterocycles. The monoisotopic (exact) mass is 499 g/mol. The minimum absolute atomic E-state index is 0.106. The molecule has 1 aromatic rings. The van der Waals surface area contributed by atoms with E-state index < -0.39 is 35.6 Å². The molecule has 2 fully saturated rings. The minimum atomic E-state index is -0.840. The van der Waals surface area contributed by atoms with E-state index in [1.54, 1.807) is 0 Å². The number of aliphatic carboxylic acids is 1. The Morgan fingerprint density at radius 1 is 1.14 bits per heavy atom. The summed E-state index contributed by atoms with van der Waals surface area (Å²) in [7, 11) is 0. The molecule has 2 amide bonds. The molecule has 0 spiro atoms. The number of amides is 2. The fourth-order valence-electron chi connectivity index (χ4n) is 5.54. The highest BCUT2D eigenvalue weighted by atomic mass is 16.5. The summed E-state index contributed by atoms with van der Waals surface area (Å²) in [6, 6.07) is 7.38. The second-order valence-electron chi connectivity index (χ2n) is 11.5. The molecular weight excluding hydrogens is 458 g/mol. The lowest BCUT2D eigenvalue weighted by atomic mass is 9.83. The molecule has 3 rings (SSSR count). The molecule has 1 aliphatic carbocycles. The Morgan fingerprint density at radius 2 is 1.81 bits per heavy atom. The van der Waals surface area contributed by atoms with E-state index in [9.17, 15) is 19.5 Å². The standard InChI is InChI=1S/C28H41N3O5/c1-17(2)22(29-27(35)36-16-19-11-8-7-9-12-19)25(32)30-24(28(4,5)6)18(3)31-15-20-13-10-14-21(20)23(31)26(33)34/h7-9,11-12,17,20-24H,3,10,13-16H2,1-2,4-6H3,(H,29,35)(H,30,32)(H,33,34)/t20-,21-,22-,23?,24+/m0/s1. The summed E-state index contributed by atoms with van der Waals surface area (Å²) in [5.74, 6) is -0.939. The van der Waals surface area contributed by atoms with Crippen LogP contribution in [0.5, 0.6) is 0 Å². The topological polar surface area (TPSA) is 108 Å². The van der Waals surface area contributed by atoms with E-state index in [2.05, 4.69) is 17.2 Å². The number of carbonyl (C=O) groups is 3. The summed E-state index contributed by atoms with van der Waals surface area (Å²) in [4.78, 5) is 40.0. The van der Waals surface area contributed by atoms with Gasteiger partial charge in [-0.25, -0.2) is 9.59 Å². The van der Waals surface area contributed by atoms with Gasteiger partial charge in [-0.2, -0.15) is 0 Å². The minimum Gasteiger partial charge on any atom is -0.480 e. The largest absolute Gasteiger partial charge is 0.480 e. The highest BCUT2D eigenvalue weighted by molar-refractivity contribution is 5.86. The number of benzene rings is 1. The number of likely N-dealkylation sites (tertiary alicyclic amines) is 1. The van der Waals surface area contributed by atoms with Crippen molar-refractivity contribution in [3.8, 4) is 0 Å². The van der Waals surface area contributed by atoms with Crippen LogP contribution in [0.3, 0.4) is 0 Å². The summed E-state index contributed by atoms with van der Waals surface area (Å²) in [6.07, 6.45) is 2.32. The van der Waals surface area contributed by atoms with E-state index in [1.807, 2.05) is 69.9 Å². The Hall–Kier alpha value is -3.03. The van der Waals surface area contributed by atoms with Gasteiger partial charge in [0.05, 0.1) is 6.04 Å². The number of carboxylic acid groups (broad SMARTS) is 1. The first kappa shape index (κ1) is 27.6. The number of alkyl carbamates (subject to hydrolysis) is 1. The highest BCUT2D eigenvalue weighted by Gasteiger charge is 2.50. The van der Waals surface area contributed by atoms with Gasteiger partial charge in [0.25, 0.3) is 0 Å². The Balaban J connectivity index is 1.70. The van der Waals surface area contributed by atoms with Crippen LogP contribution in [0.1, 0.15) is 59.4 Å². The molecule has 1 saturated carbocycles. The molecule has 0 aromatic heterocycles. The van der Waals surface area contributed by atoms with Gasteiger partial charge in [-0.1, -0.05) is 78.0 Å². The smallest absolute Gasteiger partial charge is 0.408 e. The van der Waals surface area contributed by atoms with Crippen molar-refractivity contribution in [3.05, 3.63) is 48.2 Å². The molecule has 3 N–H and O–H groups in total. The van der Waals surface area contributed by atoms with Gasteiger partial charge in [0.15, 0.2) is 0 Å². The number of fused-ring (bicyclic) bond motifs is 1. The number of nitrogens with zero attached hydrogens (tertiary/aromatic N) is 1. The van der Waals surface area contributed by atoms with Crippen molar-refractivity contribution in [3.63, 3.8) is 0 Å². The van der Waals surface area contributed by atoms with Gasteiger partial charge in [-0.3, -0.25) is 4.79 Å². The van der Waals surface area contributed by atoms with Crippen molar-refractivity contribution in [2.45, 2.75) is 78.6 Å². The lowest BCUT2D eigenvalue weighted by Gasteiger charge is -2.40. The van der Waals surface area contributed by atoms with Crippen LogP contribution in [0.25, 0.3) is 0 Å². The average Bonchev–Trinajstić information content (AvgIpc) is 3.40. The fraction of sp³-hybridized carbons (Fsp3) is 0.607. The average molecular weight is 500 g/mol. The van der Waals surface area contributed by atoms with E-state index in [0.717, 1.165) is 24.8 Å². The molecule has 198 valence electrons. The molecule has 1 aromatic carbocycles. The van der Waals surface area contributed by atoms with Gasteiger partial charge in [0.1, 0.15) is 18.7 Å². The van der Waals surface area contributed by atoms with Crippen molar-refractivity contribution >= 4 is 18.0 Å². The molecule has 5 atom stereocenters. The summed E-state index contributed by atoms with van der Waals surface area (Å²) in [6.45, 7) is 14.7. The van der Waals surface area contributed by atoms with Crippen LogP contribution < -0.4 is 10.6 Å². The number of rotatable bonds is 9. The Bertz CT molecular complexity index is 956. The third-order valence-corrected chi connectivity index (χ3v) is 7.43. The van der Waals surface area contributed by atoms with E-state index in [0.29, 0.717) is 18.2 Å². The van der Waals surface area contributed by atoms with Gasteiger partial charge >= 0.3 is 12.1 Å². The van der Waals surface area contributed by atoms with Gasteiger partial charge in [0.2, 0.25) is 5.91 Å². The number of hydrogen-bond donors (Lipinski definition) is 3. The third-order valence-electron chi connectivity index (χ3n) is 7.43. The Kier molecular flexibility index (Phi) is 8.69. The molecule has 36 heavy (non-hydrogen) atoms. The molecule has 0 radical (unpaired) electrons. The highest BCUT2D eigenvalue weighted by Crippen LogP contribution is 2.44. The lowest BCUT2D eigenvalue weighted by Crippen LogP contribution is -2.57. The SMILES string of the molecule is C=C([C@@H](NC(=O)[C@@H](NC(=O)OCc1ccccc1)C(C)C)C(C)(C)C)N1C[C@@H]2CCC[C@@H]2C1C(=O)O. The van der Waals surface area contributed by atoms with Crippen LogP contribution in [0.15, 0.2) is 42.6 Å². The van der Waals surface area contributed by atoms with E-state index in [1.165, 1.54) is 0 Å². The molecule has 2 aliphatic rings. The van der Waals surface area contributed by atoms with Crippen LogP contribution >= 0.6 is 0 Å². The quantitative estimate of drug-likeness (QED) is 0.471. The normalized spacial score (nSPS) is 23.1. The fourth-order valence-corrected chi connectivity index (χ4v) is 5.54. The number of hydrogen-bond acceptors (Lipinski definition) is 5. The van der Waals surface area contributed by atoms with E-state index in [4.69, 9.17) is 4.74 Å². The van der Waals surface area contributed by atoms with Crippen LogP contribution in [0.2, 0.25) is 0 Å². The maximum absolute atomic E-state index is 13.4. The van der Waals surface area contributed by atoms with Crippen LogP contribution in [0, 0.1) is 23.2 Å². The summed E-state index contributed by atoms with van der Waals surface area (Å²) in [5.41, 5.74) is 1.03. The van der Waals surface area contributed by atoms with E-state index >= 15 is 0 Å². The van der Waals surface area contributed by atoms with Crippen LogP contribution in [-0.2, 0) is 20.9 Å². The number of carbonyl (C=O) groups excluding carboxylic acids is 2. The molecule has 0 bridgehead atoms. The van der Waals surface area contributed by atoms with Crippen molar-refractivity contribution in [1.29, 1.82) is 0 Å². The maximum Gasteiger partial charge on any atom is 0.408 e. The molecular formula is C28H41N3O5. The molecule has 1 heterocycles. The van der Waals surface area contributed by atoms with Crippen LogP contribution in [0.4, 0.5) is 4.79 Å². The van der Waals surface area contributed by atoms with Crippen molar-refractivity contribution in [2.75, 3.05) is 6.54 Å². The number of carboxylic acids is 1. The Morgan fingerprint density at radius 3 is 2.39 bits per heavy atom. The van der Waals surface area contributed by atoms with Crippen LogP contribution in [-0.4, -0.2) is 52.6 Å². The molecule has 1 unspecified atom stereocenters. The zero-order valence-electron chi connectivity index (χ0n) is 22.1. The molecule has 8 nitrogen and oxygen atoms in total. The zero-order valence-corrected chi connectivity index (χ0v) is 22.1. The predicted molar refractivity (Wildman–Crippen MR) is 138 cm³/mol. The maximum atomic E-state index is 13.4. The molecule has 1 saturated heterocycles. The van der Waals surface area contributed by atoms with Gasteiger partial charge in [0, 0.05) is 12.2 Å². The molecule has 8 heteroatoms. The summed E-state index contributed by atoms with van der Waals surface area (Å²) >= 11 is 0. The first-order valence-electron chi connectivity index (χ1n) is 12.9. The predicted octanol–water partition coefficient (Wildman–Crippen LogP) is 4.17.